The summed E-state index contributed by atoms with van der Waals surface area (Å²) in [4.78, 5) is 0. The van der Waals surface area contributed by atoms with Gasteiger partial charge in [0.15, 0.2) is 0 Å². The Morgan fingerprint density at radius 2 is 2.27 bits per heavy atom. The number of hydrogen-bond donors (Lipinski definition) is 1. The molecule has 0 fully saturated rings. The van der Waals surface area contributed by atoms with E-state index in [4.69, 9.17) is 0 Å². The standard InChI is InChI=1S/C13H17BrO/c1-3-4-5-6-13(15)11-8-7-10(2)9-12(11)14/h3,7-9,13,15H,1,4-6H2,2H3. The van der Waals surface area contributed by atoms with Crippen molar-refractivity contribution < 1.29 is 5.11 Å². The van der Waals surface area contributed by atoms with Gasteiger partial charge in [-0.25, -0.2) is 0 Å². The number of halogens is 1. The monoisotopic (exact) mass is 268 g/mol. The molecule has 1 aromatic carbocycles. The van der Waals surface area contributed by atoms with E-state index in [1.165, 1.54) is 5.56 Å². The summed E-state index contributed by atoms with van der Waals surface area (Å²) in [6.45, 7) is 5.71. The summed E-state index contributed by atoms with van der Waals surface area (Å²) in [6.07, 6.45) is 4.23. The van der Waals surface area contributed by atoms with Crippen molar-refractivity contribution >= 4 is 15.9 Å². The van der Waals surface area contributed by atoms with Gasteiger partial charge in [0.25, 0.3) is 0 Å². The van der Waals surface area contributed by atoms with Crippen LogP contribution in [-0.4, -0.2) is 5.11 Å². The third-order valence-electron chi connectivity index (χ3n) is 2.40. The number of aryl methyl sites for hydroxylation is 1. The van der Waals surface area contributed by atoms with Gasteiger partial charge in [-0.15, -0.1) is 6.58 Å². The molecule has 1 N–H and O–H groups in total. The molecule has 0 heterocycles. The van der Waals surface area contributed by atoms with Gasteiger partial charge in [-0.2, -0.15) is 0 Å². The van der Waals surface area contributed by atoms with E-state index in [0.717, 1.165) is 29.3 Å². The molecular formula is C13H17BrO. The molecule has 0 radical (unpaired) electrons. The molecule has 2 heteroatoms. The number of aliphatic hydroxyl groups is 1. The molecule has 0 spiro atoms. The van der Waals surface area contributed by atoms with Gasteiger partial charge >= 0.3 is 0 Å². The van der Waals surface area contributed by atoms with Crippen molar-refractivity contribution in [2.45, 2.75) is 32.3 Å². The number of hydrogen-bond acceptors (Lipinski definition) is 1. The van der Waals surface area contributed by atoms with E-state index in [9.17, 15) is 5.11 Å². The average molecular weight is 269 g/mol. The number of unbranched alkanes of at least 4 members (excludes halogenated alkanes) is 1. The summed E-state index contributed by atoms with van der Waals surface area (Å²) >= 11 is 3.48. The van der Waals surface area contributed by atoms with Crippen LogP contribution in [0.2, 0.25) is 0 Å². The van der Waals surface area contributed by atoms with Gasteiger partial charge in [-0.1, -0.05) is 34.1 Å². The fraction of sp³-hybridized carbons (Fsp3) is 0.385. The lowest BCUT2D eigenvalue weighted by Crippen LogP contribution is -1.98. The van der Waals surface area contributed by atoms with E-state index in [1.807, 2.05) is 31.2 Å². The number of aliphatic hydroxyl groups excluding tert-OH is 1. The predicted octanol–water partition coefficient (Wildman–Crippen LogP) is 4.15. The molecule has 0 bridgehead atoms. The molecule has 0 aliphatic carbocycles. The lowest BCUT2D eigenvalue weighted by Gasteiger charge is -2.12. The first-order valence-corrected chi connectivity index (χ1v) is 5.99. The molecule has 1 atom stereocenters. The van der Waals surface area contributed by atoms with Crippen LogP contribution >= 0.6 is 15.9 Å². The molecule has 1 nitrogen and oxygen atoms in total. The Bertz CT molecular complexity index is 333. The molecule has 1 unspecified atom stereocenters. The van der Waals surface area contributed by atoms with Gasteiger partial charge in [0.2, 0.25) is 0 Å². The lowest BCUT2D eigenvalue weighted by molar-refractivity contribution is 0.164. The topological polar surface area (TPSA) is 20.2 Å². The van der Waals surface area contributed by atoms with Crippen molar-refractivity contribution in [3.8, 4) is 0 Å². The van der Waals surface area contributed by atoms with Crippen LogP contribution in [0, 0.1) is 6.92 Å². The van der Waals surface area contributed by atoms with E-state index in [2.05, 4.69) is 22.5 Å². The van der Waals surface area contributed by atoms with Crippen LogP contribution in [0.5, 0.6) is 0 Å². The third-order valence-corrected chi connectivity index (χ3v) is 3.09. The van der Waals surface area contributed by atoms with Crippen molar-refractivity contribution in [2.24, 2.45) is 0 Å². The maximum absolute atomic E-state index is 9.95. The summed E-state index contributed by atoms with van der Waals surface area (Å²) in [7, 11) is 0. The van der Waals surface area contributed by atoms with E-state index >= 15 is 0 Å². The molecule has 0 saturated heterocycles. The Kier molecular flexibility index (Phi) is 5.06. The van der Waals surface area contributed by atoms with Gasteiger partial charge in [0, 0.05) is 4.47 Å². The summed E-state index contributed by atoms with van der Waals surface area (Å²) in [5.41, 5.74) is 2.17. The minimum Gasteiger partial charge on any atom is -0.388 e. The Hall–Kier alpha value is -0.600. The molecule has 0 aromatic heterocycles. The van der Waals surface area contributed by atoms with Crippen molar-refractivity contribution in [1.82, 2.24) is 0 Å². The van der Waals surface area contributed by atoms with Crippen LogP contribution < -0.4 is 0 Å². The highest BCUT2D eigenvalue weighted by Gasteiger charge is 2.10. The molecule has 1 rings (SSSR count). The second-order valence-corrected chi connectivity index (χ2v) is 4.61. The Balaban J connectivity index is 2.64. The Labute approximate surface area is 100.0 Å². The zero-order chi connectivity index (χ0) is 11.3. The van der Waals surface area contributed by atoms with Crippen LogP contribution in [0.4, 0.5) is 0 Å². The summed E-state index contributed by atoms with van der Waals surface area (Å²) in [6, 6.07) is 6.04. The highest BCUT2D eigenvalue weighted by molar-refractivity contribution is 9.10. The van der Waals surface area contributed by atoms with Gasteiger partial charge in [-0.3, -0.25) is 0 Å². The van der Waals surface area contributed by atoms with E-state index in [-0.39, 0.29) is 6.10 Å². The smallest absolute Gasteiger partial charge is 0.0801 e. The highest BCUT2D eigenvalue weighted by Crippen LogP contribution is 2.27. The van der Waals surface area contributed by atoms with Gasteiger partial charge in [0.1, 0.15) is 0 Å². The largest absolute Gasteiger partial charge is 0.388 e. The van der Waals surface area contributed by atoms with Crippen LogP contribution in [0.15, 0.2) is 35.3 Å². The summed E-state index contributed by atoms with van der Waals surface area (Å²) in [5.74, 6) is 0. The lowest BCUT2D eigenvalue weighted by atomic mass is 10.0. The number of allylic oxidation sites excluding steroid dienone is 1. The van der Waals surface area contributed by atoms with E-state index in [1.54, 1.807) is 0 Å². The maximum atomic E-state index is 9.95. The fourth-order valence-electron chi connectivity index (χ4n) is 1.51. The van der Waals surface area contributed by atoms with E-state index < -0.39 is 0 Å². The molecule has 0 aliphatic heterocycles. The first-order valence-electron chi connectivity index (χ1n) is 5.20. The number of rotatable bonds is 5. The molecule has 1 aromatic rings. The van der Waals surface area contributed by atoms with Crippen LogP contribution in [0.25, 0.3) is 0 Å². The molecule has 82 valence electrons. The Morgan fingerprint density at radius 3 is 2.87 bits per heavy atom. The van der Waals surface area contributed by atoms with Crippen molar-refractivity contribution in [3.05, 3.63) is 46.5 Å². The van der Waals surface area contributed by atoms with Crippen LogP contribution in [0.3, 0.4) is 0 Å². The zero-order valence-electron chi connectivity index (χ0n) is 9.04. The second-order valence-electron chi connectivity index (χ2n) is 3.76. The first-order chi connectivity index (χ1) is 7.15. The molecule has 0 saturated carbocycles. The van der Waals surface area contributed by atoms with Crippen molar-refractivity contribution in [1.29, 1.82) is 0 Å². The highest BCUT2D eigenvalue weighted by atomic mass is 79.9. The molecule has 15 heavy (non-hydrogen) atoms. The zero-order valence-corrected chi connectivity index (χ0v) is 10.6. The third kappa shape index (κ3) is 3.80. The first kappa shape index (κ1) is 12.5. The normalized spacial score (nSPS) is 12.5. The Morgan fingerprint density at radius 1 is 1.53 bits per heavy atom. The average Bonchev–Trinajstić information content (AvgIpc) is 2.17. The second kappa shape index (κ2) is 6.09. The van der Waals surface area contributed by atoms with Crippen molar-refractivity contribution in [2.75, 3.05) is 0 Å². The van der Waals surface area contributed by atoms with Gasteiger partial charge in [-0.05, 0) is 43.4 Å². The quantitative estimate of drug-likeness (QED) is 0.629. The van der Waals surface area contributed by atoms with Crippen LogP contribution in [-0.2, 0) is 0 Å². The predicted molar refractivity (Wildman–Crippen MR) is 67.9 cm³/mol. The minimum atomic E-state index is -0.375. The SMILES string of the molecule is C=CCCCC(O)c1ccc(C)cc1Br. The van der Waals surface area contributed by atoms with Gasteiger partial charge < -0.3 is 5.11 Å². The fourth-order valence-corrected chi connectivity index (χ4v) is 2.27. The molecule has 0 aliphatic rings. The minimum absolute atomic E-state index is 0.375. The maximum Gasteiger partial charge on any atom is 0.0801 e. The van der Waals surface area contributed by atoms with Crippen LogP contribution in [0.1, 0.15) is 36.5 Å². The summed E-state index contributed by atoms with van der Waals surface area (Å²) in [5, 5.41) is 9.95. The molecular weight excluding hydrogens is 252 g/mol. The van der Waals surface area contributed by atoms with E-state index in [0.29, 0.717) is 0 Å². The summed E-state index contributed by atoms with van der Waals surface area (Å²) < 4.78 is 0.994. The van der Waals surface area contributed by atoms with Gasteiger partial charge in [0.05, 0.1) is 6.10 Å². The number of benzene rings is 1. The molecule has 0 amide bonds. The van der Waals surface area contributed by atoms with Crippen molar-refractivity contribution in [3.63, 3.8) is 0 Å².